The summed E-state index contributed by atoms with van der Waals surface area (Å²) < 4.78 is 0. The Balaban J connectivity index is 1.76. The number of hydrogen-bond acceptors (Lipinski definition) is 7. The van der Waals surface area contributed by atoms with Crippen LogP contribution in [0.3, 0.4) is 0 Å². The van der Waals surface area contributed by atoms with Crippen LogP contribution in [0.4, 0.5) is 11.8 Å². The molecule has 1 aromatic heterocycles. The first-order chi connectivity index (χ1) is 11.6. The van der Waals surface area contributed by atoms with Crippen LogP contribution < -0.4 is 20.9 Å². The Morgan fingerprint density at radius 1 is 1.42 bits per heavy atom. The third kappa shape index (κ3) is 3.47. The van der Waals surface area contributed by atoms with E-state index in [4.69, 9.17) is 17.0 Å². The fraction of sp³-hybridized carbons (Fsp3) is 0.562. The molecule has 24 heavy (non-hydrogen) atoms. The van der Waals surface area contributed by atoms with Crippen molar-refractivity contribution in [3.8, 4) is 0 Å². The van der Waals surface area contributed by atoms with Crippen LogP contribution in [0.1, 0.15) is 12.8 Å². The van der Waals surface area contributed by atoms with Gasteiger partial charge in [-0.05, 0) is 37.8 Å². The van der Waals surface area contributed by atoms with E-state index in [-0.39, 0.29) is 0 Å². The summed E-state index contributed by atoms with van der Waals surface area (Å²) in [4.78, 5) is 11.0. The predicted octanol–water partition coefficient (Wildman–Crippen LogP) is 1.69. The molecular formula is C16H24ClN7. The Labute approximate surface area is 147 Å². The number of rotatable bonds is 6. The van der Waals surface area contributed by atoms with E-state index in [0.29, 0.717) is 22.7 Å². The van der Waals surface area contributed by atoms with Crippen molar-refractivity contribution < 1.29 is 0 Å². The van der Waals surface area contributed by atoms with Crippen LogP contribution in [0.5, 0.6) is 0 Å². The molecule has 0 spiro atoms. The molecule has 130 valence electrons. The molecule has 0 amide bonds. The zero-order valence-corrected chi connectivity index (χ0v) is 14.8. The minimum absolute atomic E-state index is 0.436. The molecule has 7 nitrogen and oxygen atoms in total. The molecule has 1 aromatic rings. The molecule has 0 aromatic carbocycles. The highest BCUT2D eigenvalue weighted by molar-refractivity contribution is 6.32. The maximum atomic E-state index is 7.41. The summed E-state index contributed by atoms with van der Waals surface area (Å²) in [5.74, 6) is 2.70. The molecule has 0 radical (unpaired) electrons. The average molecular weight is 350 g/mol. The largest absolute Gasteiger partial charge is 0.392 e. The molecule has 1 saturated carbocycles. The van der Waals surface area contributed by atoms with Crippen LogP contribution in [0.15, 0.2) is 18.1 Å². The van der Waals surface area contributed by atoms with Gasteiger partial charge in [0, 0.05) is 32.6 Å². The second-order valence-electron chi connectivity index (χ2n) is 6.44. The van der Waals surface area contributed by atoms with E-state index >= 15 is 0 Å². The van der Waals surface area contributed by atoms with Gasteiger partial charge in [0.25, 0.3) is 0 Å². The van der Waals surface area contributed by atoms with Crippen LogP contribution >= 0.6 is 11.6 Å². The van der Waals surface area contributed by atoms with E-state index < -0.39 is 0 Å². The number of anilines is 2. The van der Waals surface area contributed by atoms with E-state index in [1.165, 1.54) is 19.1 Å². The monoisotopic (exact) mass is 349 g/mol. The third-order valence-corrected chi connectivity index (χ3v) is 5.21. The second kappa shape index (κ2) is 7.36. The molecule has 2 aliphatic rings. The van der Waals surface area contributed by atoms with E-state index in [1.807, 2.05) is 0 Å². The van der Waals surface area contributed by atoms with E-state index in [1.54, 1.807) is 19.4 Å². The molecular weight excluding hydrogens is 326 g/mol. The molecule has 4 N–H and O–H groups in total. The quantitative estimate of drug-likeness (QED) is 0.584. The summed E-state index contributed by atoms with van der Waals surface area (Å²) in [5.41, 5.74) is 0.579. The van der Waals surface area contributed by atoms with Crippen molar-refractivity contribution in [3.63, 3.8) is 0 Å². The van der Waals surface area contributed by atoms with Crippen molar-refractivity contribution in [1.29, 1.82) is 5.41 Å². The smallest absolute Gasteiger partial charge is 0.229 e. The molecule has 1 aliphatic heterocycles. The molecule has 8 heteroatoms. The molecule has 2 atom stereocenters. The minimum atomic E-state index is 0.436. The zero-order chi connectivity index (χ0) is 17.1. The van der Waals surface area contributed by atoms with Crippen LogP contribution in [0.25, 0.3) is 0 Å². The second-order valence-corrected chi connectivity index (χ2v) is 6.84. The Morgan fingerprint density at radius 2 is 2.12 bits per heavy atom. The van der Waals surface area contributed by atoms with Gasteiger partial charge < -0.3 is 26.3 Å². The fourth-order valence-corrected chi connectivity index (χ4v) is 3.91. The molecule has 1 aliphatic carbocycles. The lowest BCUT2D eigenvalue weighted by molar-refractivity contribution is 0.494. The lowest BCUT2D eigenvalue weighted by Crippen LogP contribution is -2.32. The maximum absolute atomic E-state index is 7.41. The summed E-state index contributed by atoms with van der Waals surface area (Å²) in [5, 5.41) is 17.3. The highest BCUT2D eigenvalue weighted by atomic mass is 35.5. The molecule has 1 saturated heterocycles. The number of allylic oxidation sites excluding steroid dienone is 1. The van der Waals surface area contributed by atoms with Gasteiger partial charge in [-0.1, -0.05) is 11.6 Å². The van der Waals surface area contributed by atoms with Crippen LogP contribution in [0.2, 0.25) is 5.02 Å². The van der Waals surface area contributed by atoms with Gasteiger partial charge in [-0.15, -0.1) is 0 Å². The van der Waals surface area contributed by atoms with E-state index in [9.17, 15) is 0 Å². The summed E-state index contributed by atoms with van der Waals surface area (Å²) in [7, 11) is 3.83. The number of nitrogens with zero attached hydrogens (tertiary/aromatic N) is 3. The molecule has 0 bridgehead atoms. The predicted molar refractivity (Wildman–Crippen MR) is 97.9 cm³/mol. The SMILES string of the molecule is CN/C=C(\C=N)Nc1ncc(Cl)c(N(C)C2CC3CNCC3C2)n1. The number of hydrogen-bond donors (Lipinski definition) is 4. The lowest BCUT2D eigenvalue weighted by atomic mass is 10.0. The fourth-order valence-electron chi connectivity index (χ4n) is 3.69. The van der Waals surface area contributed by atoms with Gasteiger partial charge in [-0.2, -0.15) is 4.98 Å². The normalized spacial score (nSPS) is 26.1. The third-order valence-electron chi connectivity index (χ3n) is 4.95. The standard InChI is InChI=1S/C16H24ClN7/c1-19-8-12(5-18)22-16-21-9-14(17)15(23-16)24(2)13-3-10-6-20-7-11(10)4-13/h5,8-11,13,18-20H,3-4,6-7H2,1-2H3,(H,21,22,23)/b12-8+,18-5?. The first-order valence-corrected chi connectivity index (χ1v) is 8.61. The summed E-state index contributed by atoms with van der Waals surface area (Å²) >= 11 is 6.34. The van der Waals surface area contributed by atoms with E-state index in [2.05, 4.69) is 37.9 Å². The topological polar surface area (TPSA) is 89.0 Å². The zero-order valence-electron chi connectivity index (χ0n) is 14.0. The van der Waals surface area contributed by atoms with Gasteiger partial charge in [-0.25, -0.2) is 4.98 Å². The van der Waals surface area contributed by atoms with Crippen molar-refractivity contribution in [3.05, 3.63) is 23.1 Å². The first kappa shape index (κ1) is 17.0. The summed E-state index contributed by atoms with van der Waals surface area (Å²) in [6.45, 7) is 2.24. The lowest BCUT2D eigenvalue weighted by Gasteiger charge is -2.27. The molecule has 2 heterocycles. The Hall–Kier alpha value is -1.86. The Bertz CT molecular complexity index is 621. The summed E-state index contributed by atoms with van der Waals surface area (Å²) in [6.07, 6.45) is 6.84. The van der Waals surface area contributed by atoms with Gasteiger partial charge in [0.1, 0.15) is 5.02 Å². The van der Waals surface area contributed by atoms with Gasteiger partial charge in [0.15, 0.2) is 5.82 Å². The average Bonchev–Trinajstić information content (AvgIpc) is 3.17. The van der Waals surface area contributed by atoms with Gasteiger partial charge in [-0.3, -0.25) is 0 Å². The summed E-state index contributed by atoms with van der Waals surface area (Å²) in [6, 6.07) is 0.456. The van der Waals surface area contributed by atoms with Gasteiger partial charge in [0.2, 0.25) is 5.95 Å². The van der Waals surface area contributed by atoms with Crippen LogP contribution in [0, 0.1) is 17.2 Å². The van der Waals surface area contributed by atoms with E-state index in [0.717, 1.165) is 30.7 Å². The number of fused-ring (bicyclic) bond motifs is 1. The Morgan fingerprint density at radius 3 is 2.75 bits per heavy atom. The Kier molecular flexibility index (Phi) is 5.20. The van der Waals surface area contributed by atoms with Crippen LogP contribution in [-0.4, -0.2) is 49.4 Å². The van der Waals surface area contributed by atoms with Crippen molar-refractivity contribution in [2.45, 2.75) is 18.9 Å². The van der Waals surface area contributed by atoms with Crippen molar-refractivity contribution in [1.82, 2.24) is 20.6 Å². The minimum Gasteiger partial charge on any atom is -0.392 e. The number of halogens is 1. The van der Waals surface area contributed by atoms with Gasteiger partial charge in [0.05, 0.1) is 11.9 Å². The highest BCUT2D eigenvalue weighted by Crippen LogP contribution is 2.39. The maximum Gasteiger partial charge on any atom is 0.229 e. The highest BCUT2D eigenvalue weighted by Gasteiger charge is 2.39. The van der Waals surface area contributed by atoms with Gasteiger partial charge >= 0.3 is 0 Å². The molecule has 3 rings (SSSR count). The van der Waals surface area contributed by atoms with Crippen molar-refractivity contribution in [2.24, 2.45) is 11.8 Å². The van der Waals surface area contributed by atoms with Crippen LogP contribution in [-0.2, 0) is 0 Å². The number of aromatic nitrogens is 2. The van der Waals surface area contributed by atoms with Crippen molar-refractivity contribution >= 4 is 29.6 Å². The van der Waals surface area contributed by atoms with Crippen molar-refractivity contribution in [2.75, 3.05) is 37.4 Å². The first-order valence-electron chi connectivity index (χ1n) is 8.23. The molecule has 2 fully saturated rings. The molecule has 2 unspecified atom stereocenters. The number of nitrogens with one attached hydrogen (secondary N) is 4.